The third-order valence-electron chi connectivity index (χ3n) is 4.01. The summed E-state index contributed by atoms with van der Waals surface area (Å²) >= 11 is 3.34. The number of halogens is 1. The number of methoxy groups -OCH3 is 1. The fraction of sp³-hybridized carbons (Fsp3) is 0.167. The van der Waals surface area contributed by atoms with E-state index in [4.69, 9.17) is 9.47 Å². The first-order valence-corrected chi connectivity index (χ1v) is 8.80. The van der Waals surface area contributed by atoms with Gasteiger partial charge in [-0.1, -0.05) is 0 Å². The molecule has 2 aromatic carbocycles. The molecule has 0 saturated carbocycles. The van der Waals surface area contributed by atoms with Gasteiger partial charge in [0.15, 0.2) is 5.92 Å². The van der Waals surface area contributed by atoms with Crippen molar-refractivity contribution in [3.63, 3.8) is 0 Å². The lowest BCUT2D eigenvalue weighted by molar-refractivity contribution is -0.384. The highest BCUT2D eigenvalue weighted by atomic mass is 79.9. The average Bonchev–Trinajstić information content (AvgIpc) is 2.96. The Kier molecular flexibility index (Phi) is 5.41. The second-order valence-corrected chi connectivity index (χ2v) is 6.67. The summed E-state index contributed by atoms with van der Waals surface area (Å²) in [5, 5.41) is 16.0. The molecule has 0 aromatic heterocycles. The van der Waals surface area contributed by atoms with Crippen molar-refractivity contribution in [2.45, 2.75) is 6.92 Å². The summed E-state index contributed by atoms with van der Waals surface area (Å²) in [6.45, 7) is 1.55. The molecule has 0 N–H and O–H groups in total. The highest BCUT2D eigenvalue weighted by molar-refractivity contribution is 9.10. The Bertz CT molecular complexity index is 989. The van der Waals surface area contributed by atoms with Gasteiger partial charge >= 0.3 is 5.97 Å². The summed E-state index contributed by atoms with van der Waals surface area (Å²) in [5.74, 6) is -1.88. The molecule has 3 rings (SSSR count). The Hall–Kier alpha value is -3.27. The van der Waals surface area contributed by atoms with E-state index in [1.165, 1.54) is 31.4 Å². The molecule has 0 spiro atoms. The van der Waals surface area contributed by atoms with Crippen LogP contribution in [0.1, 0.15) is 6.92 Å². The van der Waals surface area contributed by atoms with Gasteiger partial charge in [0, 0.05) is 12.1 Å². The van der Waals surface area contributed by atoms with Gasteiger partial charge in [0.1, 0.15) is 11.5 Å². The van der Waals surface area contributed by atoms with Crippen molar-refractivity contribution in [3.05, 3.63) is 57.1 Å². The van der Waals surface area contributed by atoms with Crippen LogP contribution in [-0.2, 0) is 9.59 Å². The van der Waals surface area contributed by atoms with Crippen LogP contribution in [-0.4, -0.2) is 29.6 Å². The van der Waals surface area contributed by atoms with E-state index in [1.54, 1.807) is 25.1 Å². The molecule has 0 aliphatic carbocycles. The maximum Gasteiger partial charge on any atom is 0.329 e. The Balaban J connectivity index is 1.77. The molecule has 10 heteroatoms. The van der Waals surface area contributed by atoms with Gasteiger partial charge in [0.2, 0.25) is 0 Å². The van der Waals surface area contributed by atoms with Gasteiger partial charge in [-0.3, -0.25) is 19.7 Å². The number of carbonyl (C=O) groups is 2. The van der Waals surface area contributed by atoms with E-state index in [0.717, 1.165) is 5.01 Å². The quantitative estimate of drug-likeness (QED) is 0.228. The van der Waals surface area contributed by atoms with E-state index in [1.807, 2.05) is 0 Å². The van der Waals surface area contributed by atoms with Gasteiger partial charge in [-0.15, -0.1) is 0 Å². The number of ether oxygens (including phenoxy) is 2. The monoisotopic (exact) mass is 447 g/mol. The van der Waals surface area contributed by atoms with Crippen molar-refractivity contribution in [1.82, 2.24) is 0 Å². The predicted molar refractivity (Wildman–Crippen MR) is 104 cm³/mol. The van der Waals surface area contributed by atoms with Gasteiger partial charge < -0.3 is 9.47 Å². The third kappa shape index (κ3) is 3.72. The van der Waals surface area contributed by atoms with Crippen LogP contribution in [0.25, 0.3) is 0 Å². The molecule has 9 nitrogen and oxygen atoms in total. The molecule has 0 fully saturated rings. The van der Waals surface area contributed by atoms with Crippen LogP contribution in [0.3, 0.4) is 0 Å². The van der Waals surface area contributed by atoms with Gasteiger partial charge in [-0.2, -0.15) is 10.1 Å². The summed E-state index contributed by atoms with van der Waals surface area (Å²) in [5.41, 5.74) is 0.609. The second-order valence-electron chi connectivity index (χ2n) is 5.82. The smallest absolute Gasteiger partial charge is 0.329 e. The standard InChI is InChI=1S/C18H14BrN3O6/c1-10-16(18(24)28-13-6-3-11(4-7-13)22(25)26)17(23)21(20-10)12-5-8-15(27-2)14(19)9-12/h3-9,16H,1-2H3. The highest BCUT2D eigenvalue weighted by Gasteiger charge is 2.41. The molecule has 1 heterocycles. The zero-order valence-electron chi connectivity index (χ0n) is 14.8. The van der Waals surface area contributed by atoms with Crippen LogP contribution in [0.4, 0.5) is 11.4 Å². The van der Waals surface area contributed by atoms with E-state index >= 15 is 0 Å². The lowest BCUT2D eigenvalue weighted by Crippen LogP contribution is -2.35. The second kappa shape index (κ2) is 7.77. The first-order chi connectivity index (χ1) is 13.3. The number of benzene rings is 2. The molecule has 1 aliphatic rings. The molecule has 1 aliphatic heterocycles. The minimum atomic E-state index is -1.20. The third-order valence-corrected chi connectivity index (χ3v) is 4.63. The minimum absolute atomic E-state index is 0.0989. The number of nitro benzene ring substituents is 1. The number of hydrogen-bond acceptors (Lipinski definition) is 7. The van der Waals surface area contributed by atoms with Crippen molar-refractivity contribution in [3.8, 4) is 11.5 Å². The van der Waals surface area contributed by atoms with E-state index in [9.17, 15) is 19.7 Å². The number of amides is 1. The van der Waals surface area contributed by atoms with Crippen molar-refractivity contribution in [1.29, 1.82) is 0 Å². The zero-order chi connectivity index (χ0) is 20.4. The molecule has 28 heavy (non-hydrogen) atoms. The molecule has 1 unspecified atom stereocenters. The number of hydrazone groups is 1. The molecule has 0 saturated heterocycles. The molecule has 144 valence electrons. The summed E-state index contributed by atoms with van der Waals surface area (Å²) in [4.78, 5) is 35.3. The largest absolute Gasteiger partial charge is 0.496 e. The molecular weight excluding hydrogens is 434 g/mol. The number of rotatable bonds is 5. The maximum atomic E-state index is 12.7. The number of nitrogens with zero attached hydrogens (tertiary/aromatic N) is 3. The van der Waals surface area contributed by atoms with Crippen LogP contribution >= 0.6 is 15.9 Å². The fourth-order valence-electron chi connectivity index (χ4n) is 2.62. The molecule has 2 aromatic rings. The first kappa shape index (κ1) is 19.5. The van der Waals surface area contributed by atoms with Crippen LogP contribution < -0.4 is 14.5 Å². The van der Waals surface area contributed by atoms with E-state index in [0.29, 0.717) is 15.9 Å². The number of anilines is 1. The van der Waals surface area contributed by atoms with Crippen molar-refractivity contribution >= 4 is 44.9 Å². The van der Waals surface area contributed by atoms with Crippen LogP contribution in [0.15, 0.2) is 52.0 Å². The number of esters is 1. The van der Waals surface area contributed by atoms with Crippen LogP contribution in [0, 0.1) is 16.0 Å². The molecule has 0 bridgehead atoms. The van der Waals surface area contributed by atoms with Crippen LogP contribution in [0.5, 0.6) is 11.5 Å². The Labute approximate surface area is 167 Å². The van der Waals surface area contributed by atoms with E-state index in [2.05, 4.69) is 21.0 Å². The van der Waals surface area contributed by atoms with E-state index < -0.39 is 22.7 Å². The summed E-state index contributed by atoms with van der Waals surface area (Å²) < 4.78 is 11.0. The summed E-state index contributed by atoms with van der Waals surface area (Å²) in [6.07, 6.45) is 0. The lowest BCUT2D eigenvalue weighted by Gasteiger charge is -2.15. The number of nitro groups is 1. The van der Waals surface area contributed by atoms with E-state index in [-0.39, 0.29) is 17.1 Å². The number of carbonyl (C=O) groups excluding carboxylic acids is 2. The zero-order valence-corrected chi connectivity index (χ0v) is 16.4. The molecule has 1 atom stereocenters. The predicted octanol–water partition coefficient (Wildman–Crippen LogP) is 3.31. The lowest BCUT2D eigenvalue weighted by atomic mass is 10.1. The molecular formula is C18H14BrN3O6. The Morgan fingerprint density at radius 3 is 2.50 bits per heavy atom. The number of non-ortho nitro benzene ring substituents is 1. The Morgan fingerprint density at radius 2 is 1.93 bits per heavy atom. The van der Waals surface area contributed by atoms with Gasteiger partial charge in [-0.05, 0) is 53.2 Å². The van der Waals surface area contributed by atoms with Crippen molar-refractivity contribution < 1.29 is 24.0 Å². The molecule has 0 radical (unpaired) electrons. The minimum Gasteiger partial charge on any atom is -0.496 e. The Morgan fingerprint density at radius 1 is 1.25 bits per heavy atom. The number of hydrogen-bond donors (Lipinski definition) is 0. The maximum absolute atomic E-state index is 12.7. The van der Waals surface area contributed by atoms with Crippen molar-refractivity contribution in [2.24, 2.45) is 11.0 Å². The van der Waals surface area contributed by atoms with Crippen molar-refractivity contribution in [2.75, 3.05) is 12.1 Å². The van der Waals surface area contributed by atoms with Gasteiger partial charge in [0.05, 0.1) is 27.9 Å². The molecule has 1 amide bonds. The van der Waals surface area contributed by atoms with Gasteiger partial charge in [0.25, 0.3) is 11.6 Å². The normalized spacial score (nSPS) is 16.0. The SMILES string of the molecule is COc1ccc(N2N=C(C)C(C(=O)Oc3ccc([N+](=O)[O-])cc3)C2=O)cc1Br. The average molecular weight is 448 g/mol. The fourth-order valence-corrected chi connectivity index (χ4v) is 3.15. The van der Waals surface area contributed by atoms with Crippen LogP contribution in [0.2, 0.25) is 0 Å². The van der Waals surface area contributed by atoms with Gasteiger partial charge in [-0.25, -0.2) is 0 Å². The first-order valence-electron chi connectivity index (χ1n) is 8.00. The summed E-state index contributed by atoms with van der Waals surface area (Å²) in [6, 6.07) is 9.96. The topological polar surface area (TPSA) is 111 Å². The summed E-state index contributed by atoms with van der Waals surface area (Å²) in [7, 11) is 1.52. The highest BCUT2D eigenvalue weighted by Crippen LogP contribution is 2.32.